The van der Waals surface area contributed by atoms with Crippen LogP contribution in [0.5, 0.6) is 0 Å². The van der Waals surface area contributed by atoms with Crippen molar-refractivity contribution in [2.24, 2.45) is 10.1 Å². The number of nitro groups is 1. The van der Waals surface area contributed by atoms with Crippen LogP contribution in [-0.4, -0.2) is 64.0 Å². The number of halogens is 1. The van der Waals surface area contributed by atoms with Gasteiger partial charge >= 0.3 is 0 Å². The Hall–Kier alpha value is -1.06. The van der Waals surface area contributed by atoms with Gasteiger partial charge in [0.05, 0.1) is 19.9 Å². The Labute approximate surface area is 113 Å². The monoisotopic (exact) mass is 292 g/mol. The van der Waals surface area contributed by atoms with Gasteiger partial charge in [0.2, 0.25) is 0 Å². The van der Waals surface area contributed by atoms with Gasteiger partial charge in [0.1, 0.15) is 5.10 Å². The van der Waals surface area contributed by atoms with Crippen LogP contribution in [0, 0.1) is 10.1 Å². The highest BCUT2D eigenvalue weighted by Crippen LogP contribution is 2.24. The first kappa shape index (κ1) is 13.4. The largest absolute Gasteiger partial charge is 0.328 e. The van der Waals surface area contributed by atoms with E-state index in [1.165, 1.54) is 11.8 Å². The van der Waals surface area contributed by atoms with Crippen molar-refractivity contribution in [3.05, 3.63) is 10.1 Å². The third kappa shape index (κ3) is 3.24. The predicted molar refractivity (Wildman–Crippen MR) is 71.3 cm³/mol. The molecule has 2 aliphatic rings. The molecule has 18 heavy (non-hydrogen) atoms. The lowest BCUT2D eigenvalue weighted by Crippen LogP contribution is -2.57. The number of aliphatic imine (C=N–C) groups is 1. The minimum absolute atomic E-state index is 0.211. The molecule has 0 amide bonds. The maximum Gasteiger partial charge on any atom is 0.275 e. The summed E-state index contributed by atoms with van der Waals surface area (Å²) in [5.41, 5.74) is 0. The van der Waals surface area contributed by atoms with E-state index >= 15 is 0 Å². The van der Waals surface area contributed by atoms with E-state index in [1.54, 1.807) is 11.9 Å². The van der Waals surface area contributed by atoms with Crippen LogP contribution < -0.4 is 5.32 Å². The standard InChI is InChI=1S/C8H13ClN6O2S/c1-13-4-10-5-14(8(13)12-15(16)17)3-6-2-11-7(9)18-6/h6,10H,2-5H2,1H3/b12-8+. The molecule has 0 aliphatic carbocycles. The molecule has 0 bridgehead atoms. The molecular formula is C8H13ClN6O2S. The van der Waals surface area contributed by atoms with Crippen LogP contribution >= 0.6 is 23.4 Å². The minimum Gasteiger partial charge on any atom is -0.328 e. The number of nitrogens with zero attached hydrogens (tertiary/aromatic N) is 5. The van der Waals surface area contributed by atoms with Gasteiger partial charge in [0, 0.05) is 18.8 Å². The van der Waals surface area contributed by atoms with Gasteiger partial charge in [-0.1, -0.05) is 23.4 Å². The van der Waals surface area contributed by atoms with Crippen molar-refractivity contribution in [2.45, 2.75) is 5.25 Å². The molecule has 1 atom stereocenters. The van der Waals surface area contributed by atoms with E-state index < -0.39 is 5.03 Å². The van der Waals surface area contributed by atoms with Crippen LogP contribution in [0.15, 0.2) is 10.1 Å². The molecule has 0 saturated carbocycles. The second-order valence-corrected chi connectivity index (χ2v) is 5.83. The van der Waals surface area contributed by atoms with Gasteiger partial charge in [0.25, 0.3) is 5.96 Å². The van der Waals surface area contributed by atoms with Crippen molar-refractivity contribution in [1.29, 1.82) is 0 Å². The molecule has 0 aromatic carbocycles. The van der Waals surface area contributed by atoms with Gasteiger partial charge in [-0.2, -0.15) is 0 Å². The highest BCUT2D eigenvalue weighted by Gasteiger charge is 2.28. The Morgan fingerprint density at radius 1 is 1.72 bits per heavy atom. The summed E-state index contributed by atoms with van der Waals surface area (Å²) >= 11 is 7.29. The Morgan fingerprint density at radius 3 is 3.11 bits per heavy atom. The molecule has 10 heteroatoms. The van der Waals surface area contributed by atoms with Crippen LogP contribution in [0.4, 0.5) is 0 Å². The average molecular weight is 293 g/mol. The molecule has 2 aliphatic heterocycles. The maximum absolute atomic E-state index is 10.5. The summed E-state index contributed by atoms with van der Waals surface area (Å²) in [5.74, 6) is 0.363. The Bertz CT molecular complexity index is 403. The number of guanidine groups is 1. The number of hydrogen-bond donors (Lipinski definition) is 1. The summed E-state index contributed by atoms with van der Waals surface area (Å²) < 4.78 is 0.547. The van der Waals surface area contributed by atoms with Crippen LogP contribution in [0.3, 0.4) is 0 Å². The van der Waals surface area contributed by atoms with Crippen molar-refractivity contribution >= 4 is 33.8 Å². The van der Waals surface area contributed by atoms with E-state index in [9.17, 15) is 10.1 Å². The number of hydrazone groups is 1. The van der Waals surface area contributed by atoms with Gasteiger partial charge < -0.3 is 9.80 Å². The Kier molecular flexibility index (Phi) is 4.25. The SMILES string of the molecule is CN1CNCN(CC2CN=C(Cl)S2)/C1=N/[N+](=O)[O-]. The van der Waals surface area contributed by atoms with Crippen molar-refractivity contribution < 1.29 is 5.03 Å². The highest BCUT2D eigenvalue weighted by atomic mass is 35.5. The fourth-order valence-electron chi connectivity index (χ4n) is 1.82. The number of thioether (sulfide) groups is 1. The molecule has 100 valence electrons. The number of hydrogen-bond acceptors (Lipinski definition) is 5. The topological polar surface area (TPSA) is 86.4 Å². The van der Waals surface area contributed by atoms with Gasteiger partial charge in [-0.05, 0) is 0 Å². The van der Waals surface area contributed by atoms with E-state index in [2.05, 4.69) is 15.4 Å². The summed E-state index contributed by atoms with van der Waals surface area (Å²) in [6.07, 6.45) is 0. The summed E-state index contributed by atoms with van der Waals surface area (Å²) in [6, 6.07) is 0. The van der Waals surface area contributed by atoms with E-state index in [0.29, 0.717) is 36.9 Å². The second-order valence-electron chi connectivity index (χ2n) is 3.96. The summed E-state index contributed by atoms with van der Waals surface area (Å²) in [4.78, 5) is 18.2. The number of nitrogens with one attached hydrogen (secondary N) is 1. The first-order chi connectivity index (χ1) is 8.56. The molecule has 1 N–H and O–H groups in total. The van der Waals surface area contributed by atoms with E-state index in [0.717, 1.165) is 0 Å². The molecule has 1 fully saturated rings. The van der Waals surface area contributed by atoms with Gasteiger partial charge in [-0.25, -0.2) is 10.1 Å². The summed E-state index contributed by atoms with van der Waals surface area (Å²) in [7, 11) is 1.76. The van der Waals surface area contributed by atoms with Crippen molar-refractivity contribution in [1.82, 2.24) is 15.1 Å². The molecule has 8 nitrogen and oxygen atoms in total. The van der Waals surface area contributed by atoms with Gasteiger partial charge in [0.15, 0.2) is 9.54 Å². The van der Waals surface area contributed by atoms with E-state index in [-0.39, 0.29) is 5.25 Å². The quantitative estimate of drug-likeness (QED) is 0.582. The maximum atomic E-state index is 10.5. The van der Waals surface area contributed by atoms with Crippen LogP contribution in [0.25, 0.3) is 0 Å². The molecule has 0 aromatic rings. The van der Waals surface area contributed by atoms with Crippen molar-refractivity contribution in [3.8, 4) is 0 Å². The lowest BCUT2D eigenvalue weighted by Gasteiger charge is -2.36. The Balaban J connectivity index is 2.02. The van der Waals surface area contributed by atoms with Gasteiger partial charge in [-0.3, -0.25) is 10.3 Å². The molecule has 0 radical (unpaired) electrons. The minimum atomic E-state index is -0.671. The van der Waals surface area contributed by atoms with Gasteiger partial charge in [-0.15, -0.1) is 0 Å². The highest BCUT2D eigenvalue weighted by molar-refractivity contribution is 8.17. The fourth-order valence-corrected chi connectivity index (χ4v) is 3.10. The smallest absolute Gasteiger partial charge is 0.275 e. The first-order valence-corrected chi connectivity index (χ1v) is 6.58. The molecule has 0 spiro atoms. The molecule has 2 rings (SSSR count). The van der Waals surface area contributed by atoms with Crippen LogP contribution in [0.1, 0.15) is 0 Å². The normalized spacial score (nSPS) is 26.7. The first-order valence-electron chi connectivity index (χ1n) is 5.32. The summed E-state index contributed by atoms with van der Waals surface area (Å²) in [5, 5.41) is 16.7. The third-order valence-corrected chi connectivity index (χ3v) is 3.90. The second kappa shape index (κ2) is 5.72. The lowest BCUT2D eigenvalue weighted by atomic mass is 10.3. The van der Waals surface area contributed by atoms with E-state index in [1.807, 2.05) is 4.90 Å². The zero-order chi connectivity index (χ0) is 13.1. The molecule has 1 unspecified atom stereocenters. The average Bonchev–Trinajstić information content (AvgIpc) is 2.69. The zero-order valence-corrected chi connectivity index (χ0v) is 11.3. The number of rotatable bonds is 3. The zero-order valence-electron chi connectivity index (χ0n) is 9.74. The fraction of sp³-hybridized carbons (Fsp3) is 0.750. The van der Waals surface area contributed by atoms with Crippen LogP contribution in [-0.2, 0) is 0 Å². The molecular weight excluding hydrogens is 280 g/mol. The van der Waals surface area contributed by atoms with Crippen molar-refractivity contribution in [3.63, 3.8) is 0 Å². The summed E-state index contributed by atoms with van der Waals surface area (Å²) in [6.45, 7) is 2.33. The molecule has 0 aromatic heterocycles. The van der Waals surface area contributed by atoms with Crippen molar-refractivity contribution in [2.75, 3.05) is 33.5 Å². The third-order valence-electron chi connectivity index (χ3n) is 2.55. The molecule has 1 saturated heterocycles. The lowest BCUT2D eigenvalue weighted by molar-refractivity contribution is -0.486. The predicted octanol–water partition coefficient (Wildman–Crippen LogP) is -0.00370. The Morgan fingerprint density at radius 2 is 2.50 bits per heavy atom. The molecule has 2 heterocycles. The van der Waals surface area contributed by atoms with E-state index in [4.69, 9.17) is 11.6 Å². The van der Waals surface area contributed by atoms with Crippen LogP contribution in [0.2, 0.25) is 0 Å².